The van der Waals surface area contributed by atoms with Crippen LogP contribution in [0.3, 0.4) is 0 Å². The Hall–Kier alpha value is -1.08. The Morgan fingerprint density at radius 2 is 1.68 bits per heavy atom. The molecule has 0 bridgehead atoms. The normalized spacial score (nSPS) is 15.8. The number of furan rings is 1. The maximum atomic E-state index is 6.58. The summed E-state index contributed by atoms with van der Waals surface area (Å²) in [6.07, 6.45) is 2.24. The van der Waals surface area contributed by atoms with E-state index in [-0.39, 0.29) is 3.63 Å². The van der Waals surface area contributed by atoms with Crippen molar-refractivity contribution in [1.82, 2.24) is 0 Å². The van der Waals surface area contributed by atoms with Gasteiger partial charge in [-0.2, -0.15) is 0 Å². The molecule has 1 heterocycles. The quantitative estimate of drug-likeness (QED) is 0.418. The molecule has 0 spiro atoms. The van der Waals surface area contributed by atoms with Gasteiger partial charge in [0.2, 0.25) is 0 Å². The zero-order valence-electron chi connectivity index (χ0n) is 14.0. The molecule has 125 valence electrons. The van der Waals surface area contributed by atoms with Gasteiger partial charge in [0.25, 0.3) is 0 Å². The molecule has 0 radical (unpaired) electrons. The van der Waals surface area contributed by atoms with Crippen molar-refractivity contribution in [2.45, 2.75) is 17.5 Å². The molecule has 1 atom stereocenters. The van der Waals surface area contributed by atoms with Gasteiger partial charge in [0.15, 0.2) is 0 Å². The summed E-state index contributed by atoms with van der Waals surface area (Å²) < 4.78 is 6.01. The molecule has 0 N–H and O–H groups in total. The van der Waals surface area contributed by atoms with E-state index in [9.17, 15) is 0 Å². The Morgan fingerprint density at radius 3 is 2.32 bits per heavy atom. The van der Waals surface area contributed by atoms with Crippen LogP contribution in [0.25, 0.3) is 22.8 Å². The van der Waals surface area contributed by atoms with Crippen molar-refractivity contribution < 1.29 is 23.8 Å². The molecule has 1 nitrogen and oxygen atoms in total. The second kappa shape index (κ2) is 6.91. The first kappa shape index (κ1) is 17.3. The zero-order chi connectivity index (χ0) is 17.6. The molecule has 25 heavy (non-hydrogen) atoms. The minimum absolute atomic E-state index is 0.106. The van der Waals surface area contributed by atoms with Crippen LogP contribution in [0.2, 0.25) is 0 Å². The van der Waals surface area contributed by atoms with E-state index in [1.54, 1.807) is 0 Å². The van der Waals surface area contributed by atoms with Crippen LogP contribution in [0, 0.1) is 13.8 Å². The van der Waals surface area contributed by atoms with E-state index in [0.717, 1.165) is 17.1 Å². The van der Waals surface area contributed by atoms with Gasteiger partial charge in [-0.3, -0.25) is 0 Å². The van der Waals surface area contributed by atoms with Crippen molar-refractivity contribution in [3.8, 4) is 11.1 Å². The second-order valence-electron chi connectivity index (χ2n) is 6.36. The second-order valence-corrected chi connectivity index (χ2v) is 15.2. The summed E-state index contributed by atoms with van der Waals surface area (Å²) in [5.41, 5.74) is 7.35. The van der Waals surface area contributed by atoms with Crippen LogP contribution in [0.1, 0.15) is 31.8 Å². The summed E-state index contributed by atoms with van der Waals surface area (Å²) in [6, 6.07) is 18.9. The Labute approximate surface area is 163 Å². The molecule has 3 aromatic rings. The fourth-order valence-electron chi connectivity index (χ4n) is 3.58. The zero-order valence-corrected chi connectivity index (χ0v) is 18.0. The van der Waals surface area contributed by atoms with E-state index in [1.165, 1.54) is 27.8 Å². The first-order valence-corrected chi connectivity index (χ1v) is 16.0. The predicted octanol–water partition coefficient (Wildman–Crippen LogP) is 7.08. The molecule has 0 saturated heterocycles. The maximum absolute atomic E-state index is 6.58. The molecular formula is C21H17Cl2OZr. The summed E-state index contributed by atoms with van der Waals surface area (Å²) >= 11 is -2.60. The van der Waals surface area contributed by atoms with Crippen LogP contribution < -0.4 is 0 Å². The van der Waals surface area contributed by atoms with Crippen LogP contribution >= 0.6 is 17.0 Å². The Kier molecular flexibility index (Phi) is 4.80. The molecule has 4 rings (SSSR count). The summed E-state index contributed by atoms with van der Waals surface area (Å²) in [6.45, 7) is 4.11. The number of hydrogen-bond acceptors (Lipinski definition) is 1. The van der Waals surface area contributed by atoms with Crippen molar-refractivity contribution in [2.75, 3.05) is 0 Å². The van der Waals surface area contributed by atoms with Crippen LogP contribution in [-0.2, 0) is 19.4 Å². The van der Waals surface area contributed by atoms with E-state index in [0.29, 0.717) is 0 Å². The average Bonchev–Trinajstić information content (AvgIpc) is 3.18. The summed E-state index contributed by atoms with van der Waals surface area (Å²) in [5, 5.41) is 0. The Bertz CT molecular complexity index is 957. The molecule has 4 heteroatoms. The van der Waals surface area contributed by atoms with Crippen LogP contribution in [0.4, 0.5) is 0 Å². The third-order valence-corrected chi connectivity index (χ3v) is 9.90. The summed E-state index contributed by atoms with van der Waals surface area (Å²) in [7, 11) is 13.2. The van der Waals surface area contributed by atoms with Crippen LogP contribution in [0.15, 0.2) is 59.0 Å². The van der Waals surface area contributed by atoms with Gasteiger partial charge in [0.05, 0.1) is 0 Å². The number of benzene rings is 2. The number of rotatable bonds is 3. The fraction of sp³-hybridized carbons (Fsp3) is 0.143. The molecule has 0 amide bonds. The predicted molar refractivity (Wildman–Crippen MR) is 102 cm³/mol. The molecule has 0 fully saturated rings. The first-order valence-electron chi connectivity index (χ1n) is 8.21. The molecule has 1 aliphatic rings. The van der Waals surface area contributed by atoms with Crippen molar-refractivity contribution in [3.63, 3.8) is 0 Å². The molecule has 1 aliphatic carbocycles. The van der Waals surface area contributed by atoms with Gasteiger partial charge in [-0.25, -0.2) is 0 Å². The van der Waals surface area contributed by atoms with Gasteiger partial charge in [-0.1, -0.05) is 0 Å². The van der Waals surface area contributed by atoms with E-state index < -0.39 is 19.4 Å². The van der Waals surface area contributed by atoms with Crippen molar-refractivity contribution in [1.29, 1.82) is 0 Å². The number of hydrogen-bond donors (Lipinski definition) is 0. The number of halogens is 2. The van der Waals surface area contributed by atoms with Gasteiger partial charge in [-0.15, -0.1) is 0 Å². The summed E-state index contributed by atoms with van der Waals surface area (Å²) in [5.74, 6) is 1.79. The number of aryl methyl sites for hydroxylation is 2. The molecule has 1 aromatic heterocycles. The minimum atomic E-state index is -2.60. The molecule has 0 saturated carbocycles. The van der Waals surface area contributed by atoms with Gasteiger partial charge in [-0.05, 0) is 0 Å². The number of fused-ring (bicyclic) bond motifs is 1. The average molecular weight is 447 g/mol. The van der Waals surface area contributed by atoms with E-state index in [1.807, 2.05) is 25.1 Å². The molecule has 0 aliphatic heterocycles. The van der Waals surface area contributed by atoms with Crippen molar-refractivity contribution >= 4 is 28.7 Å². The third kappa shape index (κ3) is 3.10. The third-order valence-electron chi connectivity index (χ3n) is 4.71. The van der Waals surface area contributed by atoms with E-state index in [2.05, 4.69) is 49.4 Å². The van der Waals surface area contributed by atoms with Crippen LogP contribution in [0.5, 0.6) is 0 Å². The molecule has 2 aromatic carbocycles. The SMILES string of the molecule is Cc1ccc(C2=Cc3c(ccc(C)c3-c3ccccc3)[CH]2[Zr]([Cl])[Cl])o1. The number of allylic oxidation sites excluding steroid dienone is 1. The van der Waals surface area contributed by atoms with Crippen LogP contribution in [-0.4, -0.2) is 0 Å². The Morgan fingerprint density at radius 1 is 0.920 bits per heavy atom. The first-order chi connectivity index (χ1) is 12.1. The fourth-order valence-corrected chi connectivity index (χ4v) is 8.70. The van der Waals surface area contributed by atoms with Crippen molar-refractivity contribution in [2.24, 2.45) is 0 Å². The molecular weight excluding hydrogens is 430 g/mol. The monoisotopic (exact) mass is 445 g/mol. The van der Waals surface area contributed by atoms with Gasteiger partial charge in [0.1, 0.15) is 0 Å². The Balaban J connectivity index is 1.95. The summed E-state index contributed by atoms with van der Waals surface area (Å²) in [4.78, 5) is 0. The van der Waals surface area contributed by atoms with Gasteiger partial charge in [0, 0.05) is 0 Å². The van der Waals surface area contributed by atoms with E-state index in [4.69, 9.17) is 21.4 Å². The molecule has 1 unspecified atom stereocenters. The van der Waals surface area contributed by atoms with Gasteiger partial charge < -0.3 is 0 Å². The topological polar surface area (TPSA) is 13.1 Å². The van der Waals surface area contributed by atoms with Crippen molar-refractivity contribution in [3.05, 3.63) is 82.8 Å². The van der Waals surface area contributed by atoms with E-state index >= 15 is 0 Å². The van der Waals surface area contributed by atoms with Gasteiger partial charge >= 0.3 is 164 Å². The standard InChI is InChI=1S/C21H17O.2ClH.Zr/c1-14-8-10-17-12-18(20-11-9-15(2)22-20)13-19(17)21(14)16-6-4-3-5-7-16;;;/h3-13H,1-2H3;2*1H;/q;;;+2/p-2.